The molecule has 0 atom stereocenters. The second-order valence-corrected chi connectivity index (χ2v) is 5.33. The fraction of sp³-hybridized carbons (Fsp3) is 0.111. The van der Waals surface area contributed by atoms with Gasteiger partial charge in [-0.25, -0.2) is 9.48 Å². The number of hydrogen-bond acceptors (Lipinski definition) is 2. The average Bonchev–Trinajstić information content (AvgIpc) is 2.94. The molecule has 1 N–H and O–H groups in total. The molecule has 0 saturated heterocycles. The first-order valence-corrected chi connectivity index (χ1v) is 7.02. The van der Waals surface area contributed by atoms with Gasteiger partial charge in [0.15, 0.2) is 5.69 Å². The van der Waals surface area contributed by atoms with Crippen LogP contribution >= 0.6 is 0 Å². The summed E-state index contributed by atoms with van der Waals surface area (Å²) in [5, 5.41) is 13.9. The van der Waals surface area contributed by atoms with E-state index in [0.29, 0.717) is 5.69 Å². The van der Waals surface area contributed by atoms with E-state index in [4.69, 9.17) is 0 Å². The van der Waals surface area contributed by atoms with Gasteiger partial charge in [0.25, 0.3) is 0 Å². The Morgan fingerprint density at radius 2 is 1.50 bits per heavy atom. The summed E-state index contributed by atoms with van der Waals surface area (Å²) in [4.78, 5) is 11.5. The summed E-state index contributed by atoms with van der Waals surface area (Å²) in [5.74, 6) is -0.994. The van der Waals surface area contributed by atoms with Gasteiger partial charge in [-0.15, -0.1) is 0 Å². The monoisotopic (exact) mass is 292 g/mol. The number of nitrogens with zero attached hydrogens (tertiary/aromatic N) is 2. The normalized spacial score (nSPS) is 10.6. The highest BCUT2D eigenvalue weighted by Gasteiger charge is 2.16. The Kier molecular flexibility index (Phi) is 3.51. The lowest BCUT2D eigenvalue weighted by molar-refractivity contribution is 0.0687. The minimum atomic E-state index is -0.994. The highest BCUT2D eigenvalue weighted by molar-refractivity contribution is 5.88. The van der Waals surface area contributed by atoms with Gasteiger partial charge in [0.2, 0.25) is 0 Å². The van der Waals surface area contributed by atoms with Crippen molar-refractivity contribution in [1.82, 2.24) is 9.78 Å². The van der Waals surface area contributed by atoms with Crippen LogP contribution < -0.4 is 0 Å². The minimum absolute atomic E-state index is 0.152. The fourth-order valence-electron chi connectivity index (χ4n) is 2.28. The molecule has 4 heteroatoms. The van der Waals surface area contributed by atoms with Gasteiger partial charge < -0.3 is 5.11 Å². The molecule has 22 heavy (non-hydrogen) atoms. The van der Waals surface area contributed by atoms with E-state index < -0.39 is 5.97 Å². The van der Waals surface area contributed by atoms with Crippen molar-refractivity contribution in [1.29, 1.82) is 0 Å². The molecule has 0 aliphatic heterocycles. The summed E-state index contributed by atoms with van der Waals surface area (Å²) < 4.78 is 1.47. The first kappa shape index (κ1) is 14.1. The van der Waals surface area contributed by atoms with Gasteiger partial charge in [0, 0.05) is 5.56 Å². The number of aryl methyl sites for hydroxylation is 2. The number of aromatic nitrogens is 2. The smallest absolute Gasteiger partial charge is 0.354 e. The van der Waals surface area contributed by atoms with Gasteiger partial charge in [0.05, 0.1) is 11.4 Å². The summed E-state index contributed by atoms with van der Waals surface area (Å²) in [7, 11) is 0. The molecule has 0 amide bonds. The number of carboxylic acids is 1. The molecule has 1 aromatic heterocycles. The molecule has 3 rings (SSSR count). The molecule has 0 spiro atoms. The Morgan fingerprint density at radius 1 is 0.955 bits per heavy atom. The third kappa shape index (κ3) is 2.63. The van der Waals surface area contributed by atoms with Crippen molar-refractivity contribution >= 4 is 5.97 Å². The van der Waals surface area contributed by atoms with Crippen LogP contribution in [0.2, 0.25) is 0 Å². The lowest BCUT2D eigenvalue weighted by atomic mass is 10.1. The van der Waals surface area contributed by atoms with E-state index in [0.717, 1.165) is 22.4 Å². The van der Waals surface area contributed by atoms with Gasteiger partial charge in [-0.2, -0.15) is 5.10 Å². The minimum Gasteiger partial charge on any atom is -0.477 e. The van der Waals surface area contributed by atoms with Crippen LogP contribution in [0.1, 0.15) is 21.6 Å². The molecule has 0 fully saturated rings. The molecular weight excluding hydrogens is 276 g/mol. The molecule has 0 bridgehead atoms. The highest BCUT2D eigenvalue weighted by atomic mass is 16.4. The molecule has 4 nitrogen and oxygen atoms in total. The first-order valence-electron chi connectivity index (χ1n) is 7.02. The largest absolute Gasteiger partial charge is 0.477 e. The molecule has 0 radical (unpaired) electrons. The maximum Gasteiger partial charge on any atom is 0.354 e. The zero-order valence-corrected chi connectivity index (χ0v) is 12.4. The van der Waals surface area contributed by atoms with Crippen LogP contribution in [0.3, 0.4) is 0 Å². The van der Waals surface area contributed by atoms with Crippen LogP contribution in [-0.2, 0) is 0 Å². The number of benzene rings is 2. The molecule has 0 aliphatic carbocycles. The summed E-state index contributed by atoms with van der Waals surface area (Å²) in [6, 6.07) is 17.1. The topological polar surface area (TPSA) is 55.1 Å². The number of aromatic carboxylic acids is 1. The van der Waals surface area contributed by atoms with E-state index in [1.165, 1.54) is 4.68 Å². The predicted octanol–water partition coefficient (Wildman–Crippen LogP) is 3.85. The maximum absolute atomic E-state index is 11.5. The van der Waals surface area contributed by atoms with Crippen molar-refractivity contribution in [3.05, 3.63) is 71.4 Å². The summed E-state index contributed by atoms with van der Waals surface area (Å²) in [6.45, 7) is 4.00. The summed E-state index contributed by atoms with van der Waals surface area (Å²) in [6.07, 6.45) is 0. The van der Waals surface area contributed by atoms with Crippen LogP contribution in [0.15, 0.2) is 54.6 Å². The SMILES string of the molecule is Cc1ccc(-c2cc(C(=O)O)n(-c3ccc(C)cc3)n2)cc1. The lowest BCUT2D eigenvalue weighted by Gasteiger charge is -2.04. The second kappa shape index (κ2) is 5.48. The molecule has 0 aliphatic rings. The molecule has 2 aromatic carbocycles. The van der Waals surface area contributed by atoms with Crippen LogP contribution in [0.4, 0.5) is 0 Å². The quantitative estimate of drug-likeness (QED) is 0.797. The van der Waals surface area contributed by atoms with Crippen LogP contribution in [0.25, 0.3) is 16.9 Å². The summed E-state index contributed by atoms with van der Waals surface area (Å²) >= 11 is 0. The second-order valence-electron chi connectivity index (χ2n) is 5.33. The van der Waals surface area contributed by atoms with Crippen LogP contribution in [0, 0.1) is 13.8 Å². The zero-order chi connectivity index (χ0) is 15.7. The van der Waals surface area contributed by atoms with Gasteiger partial charge >= 0.3 is 5.97 Å². The van der Waals surface area contributed by atoms with E-state index in [9.17, 15) is 9.90 Å². The van der Waals surface area contributed by atoms with Crippen LogP contribution in [0.5, 0.6) is 0 Å². The standard InChI is InChI=1S/C18H16N2O2/c1-12-3-7-14(8-4-12)16-11-17(18(21)22)20(19-16)15-9-5-13(2)6-10-15/h3-11H,1-2H3,(H,21,22). The molecule has 0 saturated carbocycles. The van der Waals surface area contributed by atoms with E-state index in [2.05, 4.69) is 5.10 Å². The van der Waals surface area contributed by atoms with Crippen LogP contribution in [-0.4, -0.2) is 20.9 Å². The fourth-order valence-corrected chi connectivity index (χ4v) is 2.28. The molecular formula is C18H16N2O2. The van der Waals surface area contributed by atoms with Gasteiger partial charge in [0.1, 0.15) is 0 Å². The lowest BCUT2D eigenvalue weighted by Crippen LogP contribution is -2.07. The Hall–Kier alpha value is -2.88. The van der Waals surface area contributed by atoms with E-state index >= 15 is 0 Å². The first-order chi connectivity index (χ1) is 10.5. The van der Waals surface area contributed by atoms with Crippen molar-refractivity contribution in [3.63, 3.8) is 0 Å². The number of rotatable bonds is 3. The maximum atomic E-state index is 11.5. The Balaban J connectivity index is 2.11. The number of hydrogen-bond donors (Lipinski definition) is 1. The van der Waals surface area contributed by atoms with Gasteiger partial charge in [-0.3, -0.25) is 0 Å². The summed E-state index contributed by atoms with van der Waals surface area (Å²) in [5.41, 5.74) is 4.71. The third-order valence-electron chi connectivity index (χ3n) is 3.55. The average molecular weight is 292 g/mol. The van der Waals surface area contributed by atoms with Crippen molar-refractivity contribution in [2.45, 2.75) is 13.8 Å². The Morgan fingerprint density at radius 3 is 2.05 bits per heavy atom. The Bertz CT molecular complexity index is 815. The molecule has 110 valence electrons. The van der Waals surface area contributed by atoms with Gasteiger partial charge in [-0.05, 0) is 32.0 Å². The highest BCUT2D eigenvalue weighted by Crippen LogP contribution is 2.22. The number of carboxylic acid groups (broad SMARTS) is 1. The van der Waals surface area contributed by atoms with Crippen molar-refractivity contribution in [2.75, 3.05) is 0 Å². The van der Waals surface area contributed by atoms with Crippen molar-refractivity contribution in [2.24, 2.45) is 0 Å². The predicted molar refractivity (Wildman–Crippen MR) is 85.4 cm³/mol. The third-order valence-corrected chi connectivity index (χ3v) is 3.55. The number of carbonyl (C=O) groups is 1. The van der Waals surface area contributed by atoms with Crippen molar-refractivity contribution in [3.8, 4) is 16.9 Å². The molecule has 0 unspecified atom stereocenters. The van der Waals surface area contributed by atoms with Gasteiger partial charge in [-0.1, -0.05) is 47.5 Å². The molecule has 1 heterocycles. The zero-order valence-electron chi connectivity index (χ0n) is 12.4. The van der Waals surface area contributed by atoms with E-state index in [1.807, 2.05) is 62.4 Å². The Labute approximate surface area is 128 Å². The molecule has 3 aromatic rings. The van der Waals surface area contributed by atoms with E-state index in [-0.39, 0.29) is 5.69 Å². The van der Waals surface area contributed by atoms with E-state index in [1.54, 1.807) is 6.07 Å². The van der Waals surface area contributed by atoms with Crippen molar-refractivity contribution < 1.29 is 9.90 Å².